The van der Waals surface area contributed by atoms with Crippen LogP contribution in [-0.4, -0.2) is 69.9 Å². The van der Waals surface area contributed by atoms with Crippen LogP contribution in [0.2, 0.25) is 0 Å². The van der Waals surface area contributed by atoms with Gasteiger partial charge < -0.3 is 15.0 Å². The quantitative estimate of drug-likeness (QED) is 0.773. The molecular weight excluding hydrogens is 354 g/mol. The minimum atomic E-state index is -3.63. The van der Waals surface area contributed by atoms with Gasteiger partial charge in [0.2, 0.25) is 10.0 Å². The van der Waals surface area contributed by atoms with Gasteiger partial charge in [0.05, 0.1) is 17.6 Å². The predicted octanol–water partition coefficient (Wildman–Crippen LogP) is 1.55. The first-order valence-electron chi connectivity index (χ1n) is 9.03. The number of carbonyl (C=O) groups excluding carboxylic acids is 1. The van der Waals surface area contributed by atoms with Crippen LogP contribution >= 0.6 is 0 Å². The lowest BCUT2D eigenvalue weighted by Crippen LogP contribution is -2.44. The Morgan fingerprint density at radius 1 is 1.27 bits per heavy atom. The highest BCUT2D eigenvalue weighted by atomic mass is 32.2. The van der Waals surface area contributed by atoms with Gasteiger partial charge in [0, 0.05) is 32.2 Å². The van der Waals surface area contributed by atoms with E-state index < -0.39 is 10.0 Å². The molecule has 1 fully saturated rings. The number of nitrogens with one attached hydrogen (secondary N) is 1. The second-order valence-corrected chi connectivity index (χ2v) is 8.24. The molecule has 0 atom stereocenters. The van der Waals surface area contributed by atoms with Gasteiger partial charge in [-0.3, -0.25) is 4.79 Å². The van der Waals surface area contributed by atoms with Crippen molar-refractivity contribution < 1.29 is 17.9 Å². The van der Waals surface area contributed by atoms with Crippen LogP contribution in [0.1, 0.15) is 37.0 Å². The molecule has 1 aliphatic rings. The molecule has 0 aromatic heterocycles. The second-order valence-electron chi connectivity index (χ2n) is 6.31. The number of nitrogens with zero attached hydrogens (tertiary/aromatic N) is 2. The molecule has 1 heterocycles. The standard InChI is InChI=1S/C18H29N3O4S/c1-5-21(6-2)26(23,24)15-7-8-17(25-4)16(13-15)18(22)20-11-9-14(19-3)10-12-20/h7-8,13-14,19H,5-6,9-12H2,1-4H3. The van der Waals surface area contributed by atoms with Gasteiger partial charge in [-0.15, -0.1) is 0 Å². The van der Waals surface area contributed by atoms with Gasteiger partial charge in [-0.05, 0) is 38.1 Å². The molecule has 0 radical (unpaired) electrons. The van der Waals surface area contributed by atoms with Gasteiger partial charge in [-0.1, -0.05) is 13.8 Å². The van der Waals surface area contributed by atoms with Crippen molar-refractivity contribution in [2.45, 2.75) is 37.6 Å². The Morgan fingerprint density at radius 3 is 2.38 bits per heavy atom. The van der Waals surface area contributed by atoms with E-state index in [0.29, 0.717) is 43.5 Å². The first-order valence-corrected chi connectivity index (χ1v) is 10.5. The Labute approximate surface area is 156 Å². The maximum absolute atomic E-state index is 13.0. The summed E-state index contributed by atoms with van der Waals surface area (Å²) < 4.78 is 32.2. The second kappa shape index (κ2) is 8.83. The topological polar surface area (TPSA) is 79.0 Å². The summed E-state index contributed by atoms with van der Waals surface area (Å²) in [6.45, 7) is 5.63. The van der Waals surface area contributed by atoms with E-state index in [-0.39, 0.29) is 10.8 Å². The van der Waals surface area contributed by atoms with Crippen molar-refractivity contribution in [1.29, 1.82) is 0 Å². The third-order valence-electron chi connectivity index (χ3n) is 4.93. The number of ether oxygens (including phenoxy) is 1. The summed E-state index contributed by atoms with van der Waals surface area (Å²) in [6.07, 6.45) is 1.75. The average molecular weight is 384 g/mol. The number of benzene rings is 1. The highest BCUT2D eigenvalue weighted by molar-refractivity contribution is 7.89. The molecule has 1 aromatic rings. The summed E-state index contributed by atoms with van der Waals surface area (Å²) in [7, 11) is -0.221. The van der Waals surface area contributed by atoms with E-state index in [4.69, 9.17) is 4.74 Å². The molecule has 26 heavy (non-hydrogen) atoms. The first-order chi connectivity index (χ1) is 12.4. The normalized spacial score (nSPS) is 16.1. The van der Waals surface area contributed by atoms with Gasteiger partial charge in [0.25, 0.3) is 5.91 Å². The van der Waals surface area contributed by atoms with E-state index >= 15 is 0 Å². The summed E-state index contributed by atoms with van der Waals surface area (Å²) in [5.41, 5.74) is 0.295. The predicted molar refractivity (Wildman–Crippen MR) is 101 cm³/mol. The summed E-state index contributed by atoms with van der Waals surface area (Å²) in [5, 5.41) is 3.23. The van der Waals surface area contributed by atoms with Crippen molar-refractivity contribution >= 4 is 15.9 Å². The molecule has 0 aliphatic carbocycles. The molecule has 1 N–H and O–H groups in total. The van der Waals surface area contributed by atoms with E-state index in [2.05, 4.69) is 5.32 Å². The van der Waals surface area contributed by atoms with Crippen molar-refractivity contribution in [3.05, 3.63) is 23.8 Å². The number of methoxy groups -OCH3 is 1. The fourth-order valence-corrected chi connectivity index (χ4v) is 4.75. The van der Waals surface area contributed by atoms with Crippen molar-refractivity contribution in [1.82, 2.24) is 14.5 Å². The number of rotatable bonds is 7. The fourth-order valence-electron chi connectivity index (χ4n) is 3.27. The summed E-state index contributed by atoms with van der Waals surface area (Å²) >= 11 is 0. The molecule has 0 spiro atoms. The summed E-state index contributed by atoms with van der Waals surface area (Å²) in [5.74, 6) is 0.206. The van der Waals surface area contributed by atoms with Crippen LogP contribution in [0.3, 0.4) is 0 Å². The van der Waals surface area contributed by atoms with E-state index in [0.717, 1.165) is 12.8 Å². The van der Waals surface area contributed by atoms with Gasteiger partial charge in [-0.25, -0.2) is 8.42 Å². The van der Waals surface area contributed by atoms with Gasteiger partial charge in [-0.2, -0.15) is 4.31 Å². The van der Waals surface area contributed by atoms with Crippen molar-refractivity contribution in [2.75, 3.05) is 40.3 Å². The lowest BCUT2D eigenvalue weighted by Gasteiger charge is -2.32. The van der Waals surface area contributed by atoms with Gasteiger partial charge >= 0.3 is 0 Å². The van der Waals surface area contributed by atoms with Crippen molar-refractivity contribution in [3.8, 4) is 5.75 Å². The first kappa shape index (κ1) is 20.7. The Morgan fingerprint density at radius 2 is 1.88 bits per heavy atom. The lowest BCUT2D eigenvalue weighted by atomic mass is 10.0. The van der Waals surface area contributed by atoms with Crippen LogP contribution in [0.25, 0.3) is 0 Å². The number of sulfonamides is 1. The summed E-state index contributed by atoms with van der Waals surface area (Å²) in [6, 6.07) is 4.91. The average Bonchev–Trinajstić information content (AvgIpc) is 2.67. The maximum atomic E-state index is 13.0. The van der Waals surface area contributed by atoms with Crippen LogP contribution in [0.5, 0.6) is 5.75 Å². The van der Waals surface area contributed by atoms with Crippen LogP contribution < -0.4 is 10.1 Å². The molecule has 0 bridgehead atoms. The Balaban J connectivity index is 2.34. The smallest absolute Gasteiger partial charge is 0.257 e. The third kappa shape index (κ3) is 4.19. The van der Waals surface area contributed by atoms with E-state index in [1.54, 1.807) is 24.8 Å². The number of carbonyl (C=O) groups is 1. The van der Waals surface area contributed by atoms with Crippen LogP contribution in [0.4, 0.5) is 0 Å². The molecule has 1 saturated heterocycles. The molecule has 1 aromatic carbocycles. The van der Waals surface area contributed by atoms with Crippen molar-refractivity contribution in [3.63, 3.8) is 0 Å². The Hall–Kier alpha value is -1.64. The molecular formula is C18H29N3O4S. The highest BCUT2D eigenvalue weighted by Gasteiger charge is 2.28. The Kier molecular flexibility index (Phi) is 7.02. The molecule has 0 unspecified atom stereocenters. The zero-order chi connectivity index (χ0) is 19.3. The molecule has 1 aliphatic heterocycles. The number of amides is 1. The molecule has 1 amide bonds. The monoisotopic (exact) mass is 383 g/mol. The molecule has 7 nitrogen and oxygen atoms in total. The van der Waals surface area contributed by atoms with E-state index in [9.17, 15) is 13.2 Å². The van der Waals surface area contributed by atoms with Crippen LogP contribution in [0.15, 0.2) is 23.1 Å². The van der Waals surface area contributed by atoms with Gasteiger partial charge in [0.1, 0.15) is 5.75 Å². The minimum Gasteiger partial charge on any atom is -0.496 e. The van der Waals surface area contributed by atoms with Crippen molar-refractivity contribution in [2.24, 2.45) is 0 Å². The van der Waals surface area contributed by atoms with E-state index in [1.165, 1.54) is 23.5 Å². The molecule has 8 heteroatoms. The van der Waals surface area contributed by atoms with Crippen LogP contribution in [0, 0.1) is 0 Å². The largest absolute Gasteiger partial charge is 0.496 e. The fraction of sp³-hybridized carbons (Fsp3) is 0.611. The Bertz CT molecular complexity index is 724. The maximum Gasteiger partial charge on any atom is 0.257 e. The SMILES string of the molecule is CCN(CC)S(=O)(=O)c1ccc(OC)c(C(=O)N2CCC(NC)CC2)c1. The zero-order valence-corrected chi connectivity index (χ0v) is 16.8. The number of hydrogen-bond acceptors (Lipinski definition) is 5. The van der Waals surface area contributed by atoms with Crippen LogP contribution in [-0.2, 0) is 10.0 Å². The molecule has 0 saturated carbocycles. The number of piperidine rings is 1. The highest BCUT2D eigenvalue weighted by Crippen LogP contribution is 2.27. The molecule has 146 valence electrons. The number of hydrogen-bond donors (Lipinski definition) is 1. The van der Waals surface area contributed by atoms with Gasteiger partial charge in [0.15, 0.2) is 0 Å². The summed E-state index contributed by atoms with van der Waals surface area (Å²) in [4.78, 5) is 14.9. The lowest BCUT2D eigenvalue weighted by molar-refractivity contribution is 0.0703. The third-order valence-corrected chi connectivity index (χ3v) is 6.98. The number of likely N-dealkylation sites (tertiary alicyclic amines) is 1. The minimum absolute atomic E-state index is 0.121. The molecule has 2 rings (SSSR count). The zero-order valence-electron chi connectivity index (χ0n) is 16.0. The van der Waals surface area contributed by atoms with E-state index in [1.807, 2.05) is 7.05 Å².